The molecule has 2 aliphatic rings. The zero-order valence-electron chi connectivity index (χ0n) is 46.1. The minimum atomic E-state index is -0.111. The maximum atomic E-state index is 2.63. The van der Waals surface area contributed by atoms with Crippen LogP contribution in [0.4, 0.5) is 34.1 Å². The predicted octanol–water partition coefficient (Wildman–Crippen LogP) is 18.2. The lowest BCUT2D eigenvalue weighted by Crippen LogP contribution is -2.61. The van der Waals surface area contributed by atoms with Crippen LogP contribution in [0.2, 0.25) is 0 Å². The molecule has 0 radical (unpaired) electrons. The molecule has 0 fully saturated rings. The van der Waals surface area contributed by atoms with Gasteiger partial charge in [0.05, 0.1) is 78.3 Å². The van der Waals surface area contributed by atoms with E-state index < -0.39 is 0 Å². The summed E-state index contributed by atoms with van der Waals surface area (Å²) in [6.45, 7) is -0.111. The van der Waals surface area contributed by atoms with Crippen LogP contribution < -0.4 is 26.2 Å². The fourth-order valence-corrected chi connectivity index (χ4v) is 15.3. The summed E-state index contributed by atoms with van der Waals surface area (Å²) in [7, 11) is 0. The highest BCUT2D eigenvalue weighted by molar-refractivity contribution is 7.00. The summed E-state index contributed by atoms with van der Waals surface area (Å²) in [5, 5.41) is 9.75. The van der Waals surface area contributed by atoms with Gasteiger partial charge >= 0.3 is 0 Å². The molecule has 0 unspecified atom stereocenters. The van der Waals surface area contributed by atoms with Crippen LogP contribution in [0, 0.1) is 0 Å². The molecule has 0 bridgehead atoms. The second-order valence-corrected chi connectivity index (χ2v) is 22.7. The van der Waals surface area contributed by atoms with E-state index in [1.807, 2.05) is 0 Å². The lowest BCUT2D eigenvalue weighted by molar-refractivity contribution is 1.10. The topological polar surface area (TPSA) is 26.2 Å². The van der Waals surface area contributed by atoms with Crippen molar-refractivity contribution in [2.24, 2.45) is 0 Å². The number of aromatic nitrogens is 4. The van der Waals surface area contributed by atoms with Crippen molar-refractivity contribution in [2.45, 2.75) is 0 Å². The summed E-state index contributed by atoms with van der Waals surface area (Å²) in [6, 6.07) is 111. The molecule has 0 saturated carbocycles. The molecule has 17 aromatic rings. The molecule has 7 heteroatoms. The molecule has 85 heavy (non-hydrogen) atoms. The van der Waals surface area contributed by atoms with Crippen molar-refractivity contribution >= 4 is 144 Å². The van der Waals surface area contributed by atoms with E-state index in [1.54, 1.807) is 0 Å². The average Bonchev–Trinajstić information content (AvgIpc) is 1.03. The standard InChI is InChI=1S/C78H49BN6/c1-11-34-60-50(24-1)51-25-2-12-35-61(51)80(60)72-46-22-47-73(81-62-36-13-3-26-52(62)53-27-4-14-37-63(53)81)77(72)84-68-42-19-9-32-58(68)79-59-33-10-20-43-69(59)85(71-45-21-44-70(84)76(71)79)78-74(82-64-38-15-5-28-54(64)55-29-6-16-39-65(55)82)48-23-49-75(78)83-66-40-17-7-30-56(66)57-31-8-18-41-67(57)83/h1-49H. The highest BCUT2D eigenvalue weighted by atomic mass is 15.2. The van der Waals surface area contributed by atoms with Crippen molar-refractivity contribution in [3.05, 3.63) is 297 Å². The van der Waals surface area contributed by atoms with E-state index in [2.05, 4.69) is 325 Å². The smallest absolute Gasteiger partial charge is 0.252 e. The molecular weight excluding hydrogens is 1030 g/mol. The van der Waals surface area contributed by atoms with Crippen LogP contribution >= 0.6 is 0 Å². The second-order valence-electron chi connectivity index (χ2n) is 22.7. The summed E-state index contributed by atoms with van der Waals surface area (Å²) < 4.78 is 10.1. The molecule has 6 nitrogen and oxygen atoms in total. The van der Waals surface area contributed by atoms with Crippen LogP contribution in [0.1, 0.15) is 0 Å². The van der Waals surface area contributed by atoms with Gasteiger partial charge in [0.2, 0.25) is 0 Å². The Morgan fingerprint density at radius 1 is 0.176 bits per heavy atom. The van der Waals surface area contributed by atoms with E-state index in [9.17, 15) is 0 Å². The quantitative estimate of drug-likeness (QED) is 0.155. The lowest BCUT2D eigenvalue weighted by atomic mass is 9.33. The Balaban J connectivity index is 0.964. The fourth-order valence-electron chi connectivity index (χ4n) is 15.3. The molecule has 6 heterocycles. The highest BCUT2D eigenvalue weighted by Crippen LogP contribution is 2.52. The van der Waals surface area contributed by atoms with Gasteiger partial charge in [-0.1, -0.05) is 200 Å². The Morgan fingerprint density at radius 3 is 0.635 bits per heavy atom. The number of fused-ring (bicyclic) bond motifs is 16. The molecule has 4 aromatic heterocycles. The first-order valence-corrected chi connectivity index (χ1v) is 29.4. The Hall–Kier alpha value is -11.3. The monoisotopic (exact) mass is 1080 g/mol. The first-order chi connectivity index (χ1) is 42.3. The van der Waals surface area contributed by atoms with Crippen LogP contribution in [0.15, 0.2) is 297 Å². The van der Waals surface area contributed by atoms with Crippen molar-refractivity contribution < 1.29 is 0 Å². The predicted molar refractivity (Wildman–Crippen MR) is 358 cm³/mol. The lowest BCUT2D eigenvalue weighted by Gasteiger charge is -2.45. The molecule has 0 aliphatic carbocycles. The number of hydrogen-bond donors (Lipinski definition) is 0. The number of anilines is 6. The molecule has 19 rings (SSSR count). The van der Waals surface area contributed by atoms with Crippen molar-refractivity contribution in [1.29, 1.82) is 0 Å². The molecule has 0 saturated heterocycles. The summed E-state index contributed by atoms with van der Waals surface area (Å²) in [5.74, 6) is 0. The summed E-state index contributed by atoms with van der Waals surface area (Å²) in [6.07, 6.45) is 0. The fraction of sp³-hybridized carbons (Fsp3) is 0. The van der Waals surface area contributed by atoms with E-state index in [-0.39, 0.29) is 6.71 Å². The van der Waals surface area contributed by atoms with Gasteiger partial charge < -0.3 is 28.1 Å². The maximum Gasteiger partial charge on any atom is 0.252 e. The third kappa shape index (κ3) is 6.28. The van der Waals surface area contributed by atoms with Gasteiger partial charge in [0.15, 0.2) is 0 Å². The Bertz CT molecular complexity index is 4860. The Morgan fingerprint density at radius 2 is 0.376 bits per heavy atom. The SMILES string of the molecule is c1ccc2c(c1)B1c3ccccc3N(c3c(-n4c5ccccc5c5ccccc54)cccc3-n3c4ccccc4c4ccccc43)c3cccc(c31)N2c1c(-n2c3ccccc3c3ccccc32)cccc1-n1c2ccccc2c2ccccc21. The number of para-hydroxylation sites is 12. The van der Waals surface area contributed by atoms with E-state index >= 15 is 0 Å². The van der Waals surface area contributed by atoms with E-state index in [4.69, 9.17) is 0 Å². The van der Waals surface area contributed by atoms with Gasteiger partial charge in [0, 0.05) is 65.8 Å². The molecule has 0 spiro atoms. The van der Waals surface area contributed by atoms with E-state index in [0.717, 1.165) is 101 Å². The minimum absolute atomic E-state index is 0.111. The second kappa shape index (κ2) is 17.6. The average molecular weight is 1080 g/mol. The van der Waals surface area contributed by atoms with Crippen LogP contribution in [-0.2, 0) is 0 Å². The van der Waals surface area contributed by atoms with Gasteiger partial charge in [-0.15, -0.1) is 0 Å². The third-order valence-corrected chi connectivity index (χ3v) is 18.5. The third-order valence-electron chi connectivity index (χ3n) is 18.5. The molecule has 2 aliphatic heterocycles. The molecule has 0 amide bonds. The zero-order valence-corrected chi connectivity index (χ0v) is 46.1. The summed E-state index contributed by atoms with van der Waals surface area (Å²) >= 11 is 0. The van der Waals surface area contributed by atoms with Gasteiger partial charge in [-0.3, -0.25) is 0 Å². The van der Waals surface area contributed by atoms with E-state index in [0.29, 0.717) is 0 Å². The van der Waals surface area contributed by atoms with Crippen molar-refractivity contribution in [2.75, 3.05) is 9.80 Å². The van der Waals surface area contributed by atoms with Crippen LogP contribution in [0.3, 0.4) is 0 Å². The van der Waals surface area contributed by atoms with Crippen molar-refractivity contribution in [1.82, 2.24) is 18.3 Å². The van der Waals surface area contributed by atoms with Gasteiger partial charge in [-0.25, -0.2) is 0 Å². The van der Waals surface area contributed by atoms with Gasteiger partial charge in [0.25, 0.3) is 6.71 Å². The molecular formula is C78H49BN6. The van der Waals surface area contributed by atoms with Crippen LogP contribution in [-0.4, -0.2) is 25.0 Å². The highest BCUT2D eigenvalue weighted by Gasteiger charge is 2.45. The van der Waals surface area contributed by atoms with E-state index in [1.165, 1.54) is 59.5 Å². The molecule has 394 valence electrons. The normalized spacial score (nSPS) is 12.9. The zero-order chi connectivity index (χ0) is 55.4. The largest absolute Gasteiger partial charge is 0.308 e. The first-order valence-electron chi connectivity index (χ1n) is 29.4. The van der Waals surface area contributed by atoms with Crippen molar-refractivity contribution in [3.8, 4) is 22.7 Å². The number of benzene rings is 13. The van der Waals surface area contributed by atoms with Gasteiger partial charge in [-0.05, 0) is 113 Å². The van der Waals surface area contributed by atoms with Crippen molar-refractivity contribution in [3.63, 3.8) is 0 Å². The Labute approximate surface area is 489 Å². The number of rotatable bonds is 6. The molecule has 0 N–H and O–H groups in total. The minimum Gasteiger partial charge on any atom is -0.308 e. The number of nitrogens with zero attached hydrogens (tertiary/aromatic N) is 6. The van der Waals surface area contributed by atoms with Crippen LogP contribution in [0.5, 0.6) is 0 Å². The summed E-state index contributed by atoms with van der Waals surface area (Å²) in [4.78, 5) is 5.25. The Kier molecular flexibility index (Phi) is 9.61. The van der Waals surface area contributed by atoms with Crippen LogP contribution in [0.25, 0.3) is 110 Å². The summed E-state index contributed by atoms with van der Waals surface area (Å²) in [5.41, 5.74) is 24.0. The molecule has 13 aromatic carbocycles. The number of hydrogen-bond acceptors (Lipinski definition) is 2. The first kappa shape index (κ1) is 46.3. The van der Waals surface area contributed by atoms with Gasteiger partial charge in [0.1, 0.15) is 0 Å². The van der Waals surface area contributed by atoms with Gasteiger partial charge in [-0.2, -0.15) is 0 Å². The maximum absolute atomic E-state index is 2.63. The molecule has 0 atom stereocenters.